The summed E-state index contributed by atoms with van der Waals surface area (Å²) in [4.78, 5) is 10.4. The lowest BCUT2D eigenvalue weighted by molar-refractivity contribution is -0.113. The fourth-order valence-electron chi connectivity index (χ4n) is 0.746. The van der Waals surface area contributed by atoms with Gasteiger partial charge in [-0.25, -0.2) is 8.78 Å². The minimum atomic E-state index is -2.64. The maximum atomic E-state index is 12.6. The average Bonchev–Trinajstić information content (AvgIpc) is 1.99. The molecule has 0 bridgehead atoms. The minimum Gasteiger partial charge on any atom is -0.376 e. The van der Waals surface area contributed by atoms with E-state index in [0.29, 0.717) is 0 Å². The summed E-state index contributed by atoms with van der Waals surface area (Å²) in [5, 5.41) is 8.93. The molecule has 1 rings (SSSR count). The molecule has 0 spiro atoms. The van der Waals surface area contributed by atoms with Crippen molar-refractivity contribution in [3.05, 3.63) is 23.6 Å². The Morgan fingerprint density at radius 2 is 1.92 bits per heavy atom. The molecule has 5 heteroatoms. The lowest BCUT2D eigenvalue weighted by Gasteiger charge is -2.21. The van der Waals surface area contributed by atoms with E-state index in [1.807, 2.05) is 0 Å². The van der Waals surface area contributed by atoms with E-state index >= 15 is 0 Å². The van der Waals surface area contributed by atoms with Crippen LogP contribution in [0.1, 0.15) is 6.92 Å². The quantitative estimate of drug-likeness (QED) is 0.607. The van der Waals surface area contributed by atoms with Crippen LogP contribution in [0.25, 0.3) is 0 Å². The third kappa shape index (κ3) is 1.06. The number of halogens is 3. The average molecular weight is 178 g/mol. The molecule has 0 radical (unpaired) electrons. The van der Waals surface area contributed by atoms with Crippen LogP contribution in [0.4, 0.5) is 13.2 Å². The molecule has 1 aliphatic rings. The van der Waals surface area contributed by atoms with Gasteiger partial charge < -0.3 is 5.11 Å². The zero-order valence-corrected chi connectivity index (χ0v) is 6.07. The Hall–Kier alpha value is -1.10. The molecule has 0 aromatic carbocycles. The van der Waals surface area contributed by atoms with Crippen LogP contribution in [-0.2, 0) is 4.79 Å². The summed E-state index contributed by atoms with van der Waals surface area (Å²) in [6.07, 6.45) is 0.221. The Morgan fingerprint density at radius 1 is 1.42 bits per heavy atom. The van der Waals surface area contributed by atoms with Crippen molar-refractivity contribution in [2.24, 2.45) is 0 Å². The highest BCUT2D eigenvalue weighted by molar-refractivity contribution is 6.04. The van der Waals surface area contributed by atoms with E-state index in [1.54, 1.807) is 0 Å². The molecule has 12 heavy (non-hydrogen) atoms. The Bertz CT molecular complexity index is 302. The first kappa shape index (κ1) is 8.99. The van der Waals surface area contributed by atoms with Crippen LogP contribution in [0.3, 0.4) is 0 Å². The molecule has 0 aliphatic heterocycles. The Labute approximate surface area is 66.0 Å². The monoisotopic (exact) mass is 178 g/mol. The van der Waals surface area contributed by atoms with Crippen LogP contribution in [-0.4, -0.2) is 16.5 Å². The van der Waals surface area contributed by atoms with Gasteiger partial charge >= 0.3 is 0 Å². The summed E-state index contributed by atoms with van der Waals surface area (Å²) in [6, 6.07) is 0. The molecule has 0 amide bonds. The highest BCUT2D eigenvalue weighted by atomic mass is 19.2. The summed E-state index contributed by atoms with van der Waals surface area (Å²) >= 11 is 0. The number of hydrogen-bond acceptors (Lipinski definition) is 2. The Morgan fingerprint density at radius 3 is 2.42 bits per heavy atom. The van der Waals surface area contributed by atoms with Crippen LogP contribution >= 0.6 is 0 Å². The number of ketones is 1. The highest BCUT2D eigenvalue weighted by Gasteiger charge is 2.40. The number of allylic oxidation sites excluding steroid dienone is 2. The van der Waals surface area contributed by atoms with Crippen LogP contribution < -0.4 is 0 Å². The first-order valence-corrected chi connectivity index (χ1v) is 3.07. The van der Waals surface area contributed by atoms with Gasteiger partial charge in [-0.1, -0.05) is 0 Å². The highest BCUT2D eigenvalue weighted by Crippen LogP contribution is 2.34. The largest absolute Gasteiger partial charge is 0.376 e. The van der Waals surface area contributed by atoms with Gasteiger partial charge in [-0.2, -0.15) is 4.39 Å². The van der Waals surface area contributed by atoms with Gasteiger partial charge in [0, 0.05) is 6.08 Å². The SMILES string of the molecule is CC1(O)C(F)=CC(=O)C(F)=C1F. The summed E-state index contributed by atoms with van der Waals surface area (Å²) in [5.74, 6) is -6.34. The molecule has 1 unspecified atom stereocenters. The molecule has 1 N–H and O–H groups in total. The van der Waals surface area contributed by atoms with Gasteiger partial charge in [-0.15, -0.1) is 0 Å². The van der Waals surface area contributed by atoms with Gasteiger partial charge in [0.2, 0.25) is 11.6 Å². The van der Waals surface area contributed by atoms with E-state index in [0.717, 1.165) is 6.92 Å². The van der Waals surface area contributed by atoms with Crippen LogP contribution in [0.5, 0.6) is 0 Å². The van der Waals surface area contributed by atoms with Gasteiger partial charge in [-0.3, -0.25) is 4.79 Å². The van der Waals surface area contributed by atoms with Crippen molar-refractivity contribution in [1.29, 1.82) is 0 Å². The summed E-state index contributed by atoms with van der Waals surface area (Å²) in [7, 11) is 0. The number of rotatable bonds is 0. The molecule has 0 fully saturated rings. The first-order valence-electron chi connectivity index (χ1n) is 3.07. The predicted molar refractivity (Wildman–Crippen MR) is 34.1 cm³/mol. The predicted octanol–water partition coefficient (Wildman–Crippen LogP) is 1.32. The Kier molecular flexibility index (Phi) is 1.83. The van der Waals surface area contributed by atoms with Crippen molar-refractivity contribution in [2.75, 3.05) is 0 Å². The molecule has 66 valence electrons. The molecule has 1 atom stereocenters. The molecule has 2 nitrogen and oxygen atoms in total. The van der Waals surface area contributed by atoms with Crippen molar-refractivity contribution in [3.8, 4) is 0 Å². The summed E-state index contributed by atoms with van der Waals surface area (Å²) in [6.45, 7) is 0.722. The second-order valence-corrected chi connectivity index (χ2v) is 2.56. The third-order valence-corrected chi connectivity index (χ3v) is 1.56. The molecule has 0 saturated carbocycles. The van der Waals surface area contributed by atoms with Gasteiger partial charge in [-0.05, 0) is 6.92 Å². The molecular weight excluding hydrogens is 173 g/mol. The fourth-order valence-corrected chi connectivity index (χ4v) is 0.746. The van der Waals surface area contributed by atoms with Crippen molar-refractivity contribution < 1.29 is 23.1 Å². The van der Waals surface area contributed by atoms with E-state index in [2.05, 4.69) is 0 Å². The van der Waals surface area contributed by atoms with Gasteiger partial charge in [0.1, 0.15) is 5.83 Å². The van der Waals surface area contributed by atoms with Gasteiger partial charge in [0.05, 0.1) is 0 Å². The zero-order valence-electron chi connectivity index (χ0n) is 6.07. The standard InChI is InChI=1S/C7H5F3O2/c1-7(12)4(8)2-3(11)5(9)6(7)10/h2,12H,1H3. The van der Waals surface area contributed by atoms with E-state index in [4.69, 9.17) is 5.11 Å². The normalized spacial score (nSPS) is 30.8. The van der Waals surface area contributed by atoms with Gasteiger partial charge in [0.15, 0.2) is 11.4 Å². The number of aliphatic hydroxyl groups is 1. The molecule has 0 aromatic rings. The lowest BCUT2D eigenvalue weighted by Crippen LogP contribution is -2.31. The van der Waals surface area contributed by atoms with E-state index in [9.17, 15) is 18.0 Å². The van der Waals surface area contributed by atoms with Crippen molar-refractivity contribution in [1.82, 2.24) is 0 Å². The third-order valence-electron chi connectivity index (χ3n) is 1.56. The lowest BCUT2D eigenvalue weighted by atomic mass is 9.96. The molecule has 1 aliphatic carbocycles. The Balaban J connectivity index is 3.25. The second kappa shape index (κ2) is 2.45. The van der Waals surface area contributed by atoms with Crippen LogP contribution in [0.15, 0.2) is 23.6 Å². The van der Waals surface area contributed by atoms with E-state index in [1.165, 1.54) is 0 Å². The zero-order chi connectivity index (χ0) is 9.52. The van der Waals surface area contributed by atoms with E-state index < -0.39 is 28.9 Å². The molecule has 0 heterocycles. The maximum absolute atomic E-state index is 12.6. The summed E-state index contributed by atoms with van der Waals surface area (Å²) < 4.78 is 37.6. The second-order valence-electron chi connectivity index (χ2n) is 2.56. The first-order chi connectivity index (χ1) is 5.37. The summed E-state index contributed by atoms with van der Waals surface area (Å²) in [5.41, 5.74) is -2.64. The van der Waals surface area contributed by atoms with Crippen LogP contribution in [0, 0.1) is 0 Å². The fraction of sp³-hybridized carbons (Fsp3) is 0.286. The molecule has 0 aromatic heterocycles. The van der Waals surface area contributed by atoms with E-state index in [-0.39, 0.29) is 6.08 Å². The van der Waals surface area contributed by atoms with Crippen LogP contribution in [0.2, 0.25) is 0 Å². The molecular formula is C7H5F3O2. The van der Waals surface area contributed by atoms with Crippen molar-refractivity contribution in [2.45, 2.75) is 12.5 Å². The topological polar surface area (TPSA) is 37.3 Å². The van der Waals surface area contributed by atoms with Gasteiger partial charge in [0.25, 0.3) is 0 Å². The number of carbonyl (C=O) groups is 1. The maximum Gasteiger partial charge on any atom is 0.219 e. The van der Waals surface area contributed by atoms with Crippen molar-refractivity contribution >= 4 is 5.78 Å². The van der Waals surface area contributed by atoms with Crippen molar-refractivity contribution in [3.63, 3.8) is 0 Å². The minimum absolute atomic E-state index is 0.221. The molecule has 0 saturated heterocycles. The number of carbonyl (C=O) groups excluding carboxylic acids is 1. The number of hydrogen-bond donors (Lipinski definition) is 1. The smallest absolute Gasteiger partial charge is 0.219 e.